The lowest BCUT2D eigenvalue weighted by Crippen LogP contribution is -2.23. The monoisotopic (exact) mass is 371 g/mol. The van der Waals surface area contributed by atoms with Crippen LogP contribution in [0.15, 0.2) is 60.8 Å². The van der Waals surface area contributed by atoms with E-state index in [9.17, 15) is 4.79 Å². The number of ketones is 1. The molecule has 2 aromatic carbocycles. The highest BCUT2D eigenvalue weighted by Crippen LogP contribution is 2.51. The predicted octanol–water partition coefficient (Wildman–Crippen LogP) is 4.63. The number of aryl methyl sites for hydroxylation is 1. The van der Waals surface area contributed by atoms with Gasteiger partial charge in [0, 0.05) is 18.2 Å². The summed E-state index contributed by atoms with van der Waals surface area (Å²) in [6.07, 6.45) is 3.99. The van der Waals surface area contributed by atoms with Crippen LogP contribution in [-0.4, -0.2) is 17.6 Å². The minimum atomic E-state index is -0.396. The molecule has 0 unspecified atom stereocenters. The van der Waals surface area contributed by atoms with Crippen LogP contribution in [0.1, 0.15) is 29.7 Å². The lowest BCUT2D eigenvalue weighted by Gasteiger charge is -2.16. The molecule has 140 valence electrons. The molecule has 0 N–H and O–H groups in total. The molecule has 1 saturated carbocycles. The van der Waals surface area contributed by atoms with Crippen LogP contribution in [0.3, 0.4) is 0 Å². The second kappa shape index (κ2) is 6.48. The standard InChI is InChI=1S/C24H21NO3/c1-16-11-18(17-5-3-2-4-6-17)14-25-20(16)13-23(26)24(9-10-24)19-7-8-21-22(12-19)28-15-27-21/h2-8,11-12,14H,9-10,13,15H2,1H3. The van der Waals surface area contributed by atoms with Gasteiger partial charge in [0.25, 0.3) is 0 Å². The molecule has 0 spiro atoms. The Kier molecular flexibility index (Phi) is 3.93. The van der Waals surface area contributed by atoms with Gasteiger partial charge >= 0.3 is 0 Å². The van der Waals surface area contributed by atoms with Gasteiger partial charge in [-0.1, -0.05) is 36.4 Å². The van der Waals surface area contributed by atoms with Crippen LogP contribution in [0.2, 0.25) is 0 Å². The van der Waals surface area contributed by atoms with Gasteiger partial charge in [-0.15, -0.1) is 0 Å². The molecule has 0 radical (unpaired) electrons. The highest BCUT2D eigenvalue weighted by Gasteiger charge is 2.51. The first-order valence-electron chi connectivity index (χ1n) is 9.60. The molecule has 0 bridgehead atoms. The number of carbonyl (C=O) groups is 1. The van der Waals surface area contributed by atoms with E-state index in [4.69, 9.17) is 9.47 Å². The van der Waals surface area contributed by atoms with E-state index in [1.165, 1.54) is 0 Å². The molecule has 1 aromatic heterocycles. The van der Waals surface area contributed by atoms with Gasteiger partial charge in [0.15, 0.2) is 11.5 Å². The Hall–Kier alpha value is -3.14. The highest BCUT2D eigenvalue weighted by atomic mass is 16.7. The highest BCUT2D eigenvalue weighted by molar-refractivity contribution is 5.94. The van der Waals surface area contributed by atoms with Crippen LogP contribution in [0.5, 0.6) is 11.5 Å². The van der Waals surface area contributed by atoms with Crippen molar-refractivity contribution >= 4 is 5.78 Å². The Morgan fingerprint density at radius 1 is 1.00 bits per heavy atom. The number of Topliss-reactive ketones (excluding diaryl/α,β-unsaturated/α-hetero) is 1. The van der Waals surface area contributed by atoms with E-state index in [-0.39, 0.29) is 12.6 Å². The fourth-order valence-corrected chi connectivity index (χ4v) is 3.95. The van der Waals surface area contributed by atoms with Crippen molar-refractivity contribution in [1.29, 1.82) is 0 Å². The van der Waals surface area contributed by atoms with E-state index in [0.29, 0.717) is 6.42 Å². The Bertz CT molecular complexity index is 1050. The second-order valence-corrected chi connectivity index (χ2v) is 7.60. The second-order valence-electron chi connectivity index (χ2n) is 7.60. The lowest BCUT2D eigenvalue weighted by atomic mass is 9.88. The van der Waals surface area contributed by atoms with E-state index >= 15 is 0 Å². The van der Waals surface area contributed by atoms with Crippen molar-refractivity contribution in [2.24, 2.45) is 0 Å². The summed E-state index contributed by atoms with van der Waals surface area (Å²) in [7, 11) is 0. The smallest absolute Gasteiger partial charge is 0.231 e. The number of pyridine rings is 1. The number of ether oxygens (including phenoxy) is 2. The average molecular weight is 371 g/mol. The molecule has 5 rings (SSSR count). The van der Waals surface area contributed by atoms with Gasteiger partial charge in [0.2, 0.25) is 6.79 Å². The van der Waals surface area contributed by atoms with Crippen molar-refractivity contribution in [1.82, 2.24) is 4.98 Å². The van der Waals surface area contributed by atoms with Gasteiger partial charge in [0.1, 0.15) is 5.78 Å². The molecule has 1 aliphatic carbocycles. The molecular formula is C24H21NO3. The molecule has 2 aliphatic rings. The first-order chi connectivity index (χ1) is 13.7. The van der Waals surface area contributed by atoms with Crippen molar-refractivity contribution in [3.05, 3.63) is 77.6 Å². The summed E-state index contributed by atoms with van der Waals surface area (Å²) in [6, 6.07) is 18.2. The van der Waals surface area contributed by atoms with Gasteiger partial charge in [-0.25, -0.2) is 0 Å². The predicted molar refractivity (Wildman–Crippen MR) is 107 cm³/mol. The van der Waals surface area contributed by atoms with Crippen LogP contribution in [0.25, 0.3) is 11.1 Å². The van der Waals surface area contributed by atoms with E-state index in [1.807, 2.05) is 49.5 Å². The summed E-state index contributed by atoms with van der Waals surface area (Å²) in [6.45, 7) is 2.28. The van der Waals surface area contributed by atoms with Crippen molar-refractivity contribution in [3.63, 3.8) is 0 Å². The number of benzene rings is 2. The van der Waals surface area contributed by atoms with Crippen LogP contribution in [0, 0.1) is 6.92 Å². The van der Waals surface area contributed by atoms with Gasteiger partial charge in [-0.3, -0.25) is 9.78 Å². The van der Waals surface area contributed by atoms with Crippen molar-refractivity contribution in [2.45, 2.75) is 31.6 Å². The van der Waals surface area contributed by atoms with Crippen LogP contribution in [-0.2, 0) is 16.6 Å². The summed E-state index contributed by atoms with van der Waals surface area (Å²) in [4.78, 5) is 17.8. The van der Waals surface area contributed by atoms with E-state index in [1.54, 1.807) is 0 Å². The number of hydrogen-bond acceptors (Lipinski definition) is 4. The number of hydrogen-bond donors (Lipinski definition) is 0. The minimum Gasteiger partial charge on any atom is -0.454 e. The summed E-state index contributed by atoms with van der Waals surface area (Å²) in [5.74, 6) is 1.72. The largest absolute Gasteiger partial charge is 0.454 e. The minimum absolute atomic E-state index is 0.231. The van der Waals surface area contributed by atoms with Crippen molar-refractivity contribution < 1.29 is 14.3 Å². The molecule has 3 aromatic rings. The molecule has 0 amide bonds. The zero-order chi connectivity index (χ0) is 19.1. The van der Waals surface area contributed by atoms with Crippen molar-refractivity contribution in [2.75, 3.05) is 6.79 Å². The number of aromatic nitrogens is 1. The number of rotatable bonds is 5. The maximum absolute atomic E-state index is 13.2. The molecule has 28 heavy (non-hydrogen) atoms. The zero-order valence-electron chi connectivity index (χ0n) is 15.8. The molecule has 1 aliphatic heterocycles. The summed E-state index contributed by atoms with van der Waals surface area (Å²) in [5.41, 5.74) is 4.75. The maximum Gasteiger partial charge on any atom is 0.231 e. The maximum atomic E-state index is 13.2. The molecule has 4 nitrogen and oxygen atoms in total. The number of fused-ring (bicyclic) bond motifs is 1. The first-order valence-corrected chi connectivity index (χ1v) is 9.60. The van der Waals surface area contributed by atoms with E-state index < -0.39 is 5.41 Å². The normalized spacial score (nSPS) is 16.0. The molecular weight excluding hydrogens is 350 g/mol. The SMILES string of the molecule is Cc1cc(-c2ccccc2)cnc1CC(=O)C1(c2ccc3c(c2)OCO3)CC1. The quantitative estimate of drug-likeness (QED) is 0.656. The Morgan fingerprint density at radius 2 is 1.79 bits per heavy atom. The third-order valence-corrected chi connectivity index (χ3v) is 5.83. The third-order valence-electron chi connectivity index (χ3n) is 5.83. The van der Waals surface area contributed by atoms with Crippen molar-refractivity contribution in [3.8, 4) is 22.6 Å². The first kappa shape index (κ1) is 17.0. The van der Waals surface area contributed by atoms with Crippen LogP contribution in [0.4, 0.5) is 0 Å². The summed E-state index contributed by atoms with van der Waals surface area (Å²) >= 11 is 0. The van der Waals surface area contributed by atoms with Gasteiger partial charge in [-0.2, -0.15) is 0 Å². The van der Waals surface area contributed by atoms with Crippen LogP contribution >= 0.6 is 0 Å². The summed E-state index contributed by atoms with van der Waals surface area (Å²) < 4.78 is 10.9. The number of carbonyl (C=O) groups excluding carboxylic acids is 1. The Labute approximate surface area is 164 Å². The molecule has 1 fully saturated rings. The van der Waals surface area contributed by atoms with Gasteiger partial charge < -0.3 is 9.47 Å². The van der Waals surface area contributed by atoms with E-state index in [0.717, 1.165) is 52.3 Å². The fraction of sp³-hybridized carbons (Fsp3) is 0.250. The fourth-order valence-electron chi connectivity index (χ4n) is 3.95. The van der Waals surface area contributed by atoms with E-state index in [2.05, 4.69) is 23.2 Å². The van der Waals surface area contributed by atoms with Gasteiger partial charge in [-0.05, 0) is 54.7 Å². The summed E-state index contributed by atoms with van der Waals surface area (Å²) in [5, 5.41) is 0. The number of nitrogens with zero attached hydrogens (tertiary/aromatic N) is 1. The zero-order valence-corrected chi connectivity index (χ0v) is 15.8. The third kappa shape index (κ3) is 2.85. The molecule has 2 heterocycles. The topological polar surface area (TPSA) is 48.4 Å². The molecule has 0 saturated heterocycles. The average Bonchev–Trinajstić information content (AvgIpc) is 3.41. The molecule has 4 heteroatoms. The Morgan fingerprint density at radius 3 is 2.54 bits per heavy atom. The van der Waals surface area contributed by atoms with Crippen LogP contribution < -0.4 is 9.47 Å². The van der Waals surface area contributed by atoms with Gasteiger partial charge in [0.05, 0.1) is 11.1 Å². The molecule has 0 atom stereocenters. The lowest BCUT2D eigenvalue weighted by molar-refractivity contribution is -0.120. The Balaban J connectivity index is 1.38.